The number of ketones is 1. The number of carboxylic acid groups (broad SMARTS) is 1. The number of carbonyl (C=O) groups excluding carboxylic acids is 2. The summed E-state index contributed by atoms with van der Waals surface area (Å²) in [6.45, 7) is 13.7. The number of hydrogen-bond acceptors (Lipinski definition) is 6. The van der Waals surface area contributed by atoms with Crippen molar-refractivity contribution in [2.24, 2.45) is 56.7 Å². The van der Waals surface area contributed by atoms with E-state index >= 15 is 0 Å². The normalized spacial score (nSPS) is 41.4. The zero-order valence-electron chi connectivity index (χ0n) is 28.4. The van der Waals surface area contributed by atoms with Crippen LogP contribution in [-0.2, 0) is 19.1 Å². The van der Waals surface area contributed by atoms with Crippen LogP contribution in [0.2, 0.25) is 0 Å². The van der Waals surface area contributed by atoms with Gasteiger partial charge < -0.3 is 20.1 Å². The Morgan fingerprint density at radius 3 is 2.39 bits per heavy atom. The van der Waals surface area contributed by atoms with Crippen molar-refractivity contribution in [3.05, 3.63) is 41.5 Å². The lowest BCUT2D eigenvalue weighted by Crippen LogP contribution is -2.66. The molecule has 0 aliphatic heterocycles. The molecule has 0 heterocycles. The number of aromatic hydroxyl groups is 2. The van der Waals surface area contributed by atoms with Gasteiger partial charge in [-0.3, -0.25) is 9.59 Å². The van der Waals surface area contributed by atoms with Crippen LogP contribution in [0.25, 0.3) is 6.08 Å². The summed E-state index contributed by atoms with van der Waals surface area (Å²) in [5.41, 5.74) is -0.240. The van der Waals surface area contributed by atoms with Crippen molar-refractivity contribution < 1.29 is 34.4 Å². The van der Waals surface area contributed by atoms with E-state index in [1.54, 1.807) is 12.1 Å². The van der Waals surface area contributed by atoms with Gasteiger partial charge in [0.05, 0.1) is 5.41 Å². The van der Waals surface area contributed by atoms with E-state index in [0.29, 0.717) is 42.9 Å². The van der Waals surface area contributed by atoms with Gasteiger partial charge in [-0.2, -0.15) is 0 Å². The molecule has 46 heavy (non-hydrogen) atoms. The van der Waals surface area contributed by atoms with E-state index in [0.717, 1.165) is 32.1 Å². The third kappa shape index (κ3) is 4.53. The lowest BCUT2D eigenvalue weighted by atomic mass is 9.33. The van der Waals surface area contributed by atoms with Crippen molar-refractivity contribution >= 4 is 23.8 Å². The smallest absolute Gasteiger partial charge is 0.330 e. The van der Waals surface area contributed by atoms with Gasteiger partial charge in [0.25, 0.3) is 0 Å². The number of benzene rings is 1. The number of rotatable bonds is 5. The van der Waals surface area contributed by atoms with E-state index in [2.05, 4.69) is 47.6 Å². The highest BCUT2D eigenvalue weighted by atomic mass is 16.5. The number of hydrogen-bond donors (Lipinski definition) is 3. The average molecular weight is 633 g/mol. The molecule has 9 atom stereocenters. The zero-order valence-corrected chi connectivity index (χ0v) is 28.4. The molecule has 0 aromatic heterocycles. The van der Waals surface area contributed by atoms with Gasteiger partial charge in [0.1, 0.15) is 12.4 Å². The van der Waals surface area contributed by atoms with Gasteiger partial charge >= 0.3 is 11.9 Å². The lowest BCUT2D eigenvalue weighted by Gasteiger charge is -2.71. The summed E-state index contributed by atoms with van der Waals surface area (Å²) in [5.74, 6) is -0.310. The summed E-state index contributed by atoms with van der Waals surface area (Å²) in [6.07, 6.45) is 12.2. The second-order valence-corrected chi connectivity index (χ2v) is 16.7. The predicted octanol–water partition coefficient (Wildman–Crippen LogP) is 7.95. The number of carbonyl (C=O) groups is 3. The number of allylic oxidation sites excluding steroid dienone is 1. The Morgan fingerprint density at radius 2 is 1.70 bits per heavy atom. The minimum atomic E-state index is -0.810. The van der Waals surface area contributed by atoms with Gasteiger partial charge in [-0.05, 0) is 116 Å². The van der Waals surface area contributed by atoms with Crippen LogP contribution in [-0.4, -0.2) is 39.6 Å². The van der Waals surface area contributed by atoms with E-state index < -0.39 is 22.8 Å². The first-order valence-corrected chi connectivity index (χ1v) is 17.4. The fourth-order valence-corrected chi connectivity index (χ4v) is 11.8. The Labute approximate surface area is 273 Å². The molecule has 5 aliphatic carbocycles. The van der Waals surface area contributed by atoms with Crippen molar-refractivity contribution in [1.82, 2.24) is 0 Å². The molecule has 1 aromatic rings. The van der Waals surface area contributed by atoms with Crippen LogP contribution < -0.4 is 0 Å². The highest BCUT2D eigenvalue weighted by Gasteiger charge is 2.71. The number of fused-ring (bicyclic) bond motifs is 7. The van der Waals surface area contributed by atoms with Crippen LogP contribution in [0.5, 0.6) is 11.5 Å². The molecule has 1 aromatic carbocycles. The summed E-state index contributed by atoms with van der Waals surface area (Å²) in [6, 6.07) is 4.37. The molecule has 0 radical (unpaired) electrons. The molecule has 7 nitrogen and oxygen atoms in total. The highest BCUT2D eigenvalue weighted by molar-refractivity contribution is 5.87. The van der Waals surface area contributed by atoms with Crippen molar-refractivity contribution in [2.75, 3.05) is 6.61 Å². The number of ether oxygens (including phenoxy) is 1. The summed E-state index contributed by atoms with van der Waals surface area (Å²) < 4.78 is 6.21. The zero-order chi connectivity index (χ0) is 33.4. The minimum Gasteiger partial charge on any atom is -0.504 e. The van der Waals surface area contributed by atoms with Crippen molar-refractivity contribution in [2.45, 2.75) is 99.3 Å². The predicted molar refractivity (Wildman–Crippen MR) is 176 cm³/mol. The maximum absolute atomic E-state index is 13.4. The van der Waals surface area contributed by atoms with Crippen LogP contribution in [0.4, 0.5) is 0 Å². The molecule has 3 N–H and O–H groups in total. The first kappa shape index (κ1) is 32.8. The third-order valence-corrected chi connectivity index (χ3v) is 14.7. The SMILES string of the molecule is C[C@@H]1CC[C@]2(C(=O)O)CC[C@]3(COC(=O)/C=C/c4ccc(O)c(O)c4)C(=CC[C@@H]4[C@@]5(C)CCC(=O)C(C)(C)C5CC[C@]43C)C2[C@H]1C. The van der Waals surface area contributed by atoms with Crippen molar-refractivity contribution in [1.29, 1.82) is 0 Å². The second kappa shape index (κ2) is 11.0. The average Bonchev–Trinajstić information content (AvgIpc) is 3.00. The van der Waals surface area contributed by atoms with E-state index in [1.165, 1.54) is 23.8 Å². The molecule has 0 saturated heterocycles. The first-order valence-electron chi connectivity index (χ1n) is 17.4. The van der Waals surface area contributed by atoms with Gasteiger partial charge in [0.2, 0.25) is 0 Å². The van der Waals surface area contributed by atoms with Gasteiger partial charge in [0, 0.05) is 23.3 Å². The van der Waals surface area contributed by atoms with Gasteiger partial charge in [-0.1, -0.05) is 59.3 Å². The molecule has 6 rings (SSSR count). The molecule has 4 saturated carbocycles. The second-order valence-electron chi connectivity index (χ2n) is 16.7. The van der Waals surface area contributed by atoms with Crippen LogP contribution in [0.1, 0.15) is 105 Å². The van der Waals surface area contributed by atoms with Gasteiger partial charge in [-0.15, -0.1) is 0 Å². The molecule has 0 amide bonds. The molecular weight excluding hydrogens is 580 g/mol. The number of carboxylic acids is 1. The number of phenols is 2. The Balaban J connectivity index is 1.42. The summed E-state index contributed by atoms with van der Waals surface area (Å²) >= 11 is 0. The quantitative estimate of drug-likeness (QED) is 0.130. The third-order valence-electron chi connectivity index (χ3n) is 14.7. The fraction of sp³-hybridized carbons (Fsp3) is 0.667. The number of esters is 1. The van der Waals surface area contributed by atoms with Crippen molar-refractivity contribution in [3.63, 3.8) is 0 Å². The lowest BCUT2D eigenvalue weighted by molar-refractivity contribution is -0.204. The standard InChI is InChI=1S/C39H52O7/c1-23-13-18-38(34(44)45)19-20-39(22-46-32(43)12-8-25-7-10-27(40)28(41)21-25)26(33(38)24(23)2)9-11-30-36(5)16-15-31(42)35(3,4)29(36)14-17-37(30,39)6/h7-10,12,21,23-24,29-30,33,40-41H,11,13-20,22H2,1-6H3,(H,44,45)/b12-8+/t23-,24+,29?,30-,33?,36+,37-,38+,39+/m1/s1. The van der Waals surface area contributed by atoms with E-state index in [-0.39, 0.29) is 58.0 Å². The van der Waals surface area contributed by atoms with E-state index in [1.807, 2.05) is 0 Å². The number of phenolic OH excluding ortho intramolecular Hbond substituents is 2. The van der Waals surface area contributed by atoms with Crippen molar-refractivity contribution in [3.8, 4) is 11.5 Å². The van der Waals surface area contributed by atoms with Crippen LogP contribution in [0.15, 0.2) is 35.9 Å². The first-order chi connectivity index (χ1) is 21.5. The minimum absolute atomic E-state index is 0.0585. The van der Waals surface area contributed by atoms with Gasteiger partial charge in [-0.25, -0.2) is 4.79 Å². The molecular formula is C39H52O7. The maximum atomic E-state index is 13.4. The Hall–Kier alpha value is -3.09. The molecule has 5 aliphatic rings. The maximum Gasteiger partial charge on any atom is 0.330 e. The molecule has 7 heteroatoms. The molecule has 250 valence electrons. The monoisotopic (exact) mass is 632 g/mol. The Bertz CT molecular complexity index is 1510. The molecule has 0 spiro atoms. The van der Waals surface area contributed by atoms with Crippen LogP contribution in [0, 0.1) is 56.7 Å². The summed E-state index contributed by atoms with van der Waals surface area (Å²) in [5, 5.41) is 30.4. The highest BCUT2D eigenvalue weighted by Crippen LogP contribution is 2.75. The van der Waals surface area contributed by atoms with E-state index in [9.17, 15) is 29.7 Å². The topological polar surface area (TPSA) is 121 Å². The Morgan fingerprint density at radius 1 is 0.957 bits per heavy atom. The Kier molecular flexibility index (Phi) is 7.84. The number of Topliss-reactive ketones (excluding diaryl/α,β-unsaturated/α-hetero) is 1. The molecule has 0 bridgehead atoms. The summed E-state index contributed by atoms with van der Waals surface area (Å²) in [4.78, 5) is 39.7. The largest absolute Gasteiger partial charge is 0.504 e. The van der Waals surface area contributed by atoms with Crippen LogP contribution >= 0.6 is 0 Å². The fourth-order valence-electron chi connectivity index (χ4n) is 11.8. The molecule has 4 fully saturated rings. The number of aliphatic carboxylic acids is 1. The van der Waals surface area contributed by atoms with Gasteiger partial charge in [0.15, 0.2) is 11.5 Å². The summed E-state index contributed by atoms with van der Waals surface area (Å²) in [7, 11) is 0. The molecule has 2 unspecified atom stereocenters. The van der Waals surface area contributed by atoms with E-state index in [4.69, 9.17) is 4.74 Å². The van der Waals surface area contributed by atoms with Crippen LogP contribution in [0.3, 0.4) is 0 Å².